The van der Waals surface area contributed by atoms with Gasteiger partial charge in [0, 0.05) is 58.6 Å². The Balaban J connectivity index is 0.00000512. The van der Waals surface area contributed by atoms with Crippen LogP contribution in [0.5, 0.6) is 0 Å². The van der Waals surface area contributed by atoms with E-state index in [0.717, 1.165) is 43.1 Å². The number of benzene rings is 2. The van der Waals surface area contributed by atoms with Crippen LogP contribution in [-0.4, -0.2) is 64.1 Å². The van der Waals surface area contributed by atoms with E-state index in [1.54, 1.807) is 25.1 Å². The molecule has 2 N–H and O–H groups in total. The van der Waals surface area contributed by atoms with Gasteiger partial charge >= 0.3 is 0 Å². The summed E-state index contributed by atoms with van der Waals surface area (Å²) in [6.07, 6.45) is 1.65. The summed E-state index contributed by atoms with van der Waals surface area (Å²) in [6.45, 7) is 4.99. The highest BCUT2D eigenvalue weighted by molar-refractivity contribution is 14.0. The molecule has 8 heteroatoms. The van der Waals surface area contributed by atoms with Crippen LogP contribution in [0.2, 0.25) is 0 Å². The molecule has 0 radical (unpaired) electrons. The molecule has 0 bridgehead atoms. The van der Waals surface area contributed by atoms with Gasteiger partial charge < -0.3 is 20.4 Å². The van der Waals surface area contributed by atoms with Crippen LogP contribution < -0.4 is 15.5 Å². The lowest BCUT2D eigenvalue weighted by molar-refractivity contribution is 0.0827. The maximum Gasteiger partial charge on any atom is 0.253 e. The molecule has 0 aliphatic rings. The number of hydrogen-bond acceptors (Lipinski definition) is 3. The van der Waals surface area contributed by atoms with Gasteiger partial charge in [-0.2, -0.15) is 0 Å². The molecule has 0 atom stereocenters. The van der Waals surface area contributed by atoms with E-state index in [0.29, 0.717) is 18.7 Å². The molecule has 2 aromatic rings. The van der Waals surface area contributed by atoms with E-state index in [1.807, 2.05) is 49.2 Å². The van der Waals surface area contributed by atoms with Crippen molar-refractivity contribution in [2.45, 2.75) is 19.8 Å². The molecule has 0 unspecified atom stereocenters. The van der Waals surface area contributed by atoms with Crippen LogP contribution in [0.1, 0.15) is 29.3 Å². The van der Waals surface area contributed by atoms with Crippen LogP contribution in [-0.2, 0) is 6.42 Å². The minimum absolute atomic E-state index is 0. The molecule has 0 aliphatic carbocycles. The number of guanidine groups is 1. The molecule has 0 aromatic heterocycles. The number of anilines is 1. The summed E-state index contributed by atoms with van der Waals surface area (Å²) in [4.78, 5) is 20.4. The first-order chi connectivity index (χ1) is 14.9. The Morgan fingerprint density at radius 2 is 1.81 bits per heavy atom. The van der Waals surface area contributed by atoms with Crippen LogP contribution in [0, 0.1) is 5.82 Å². The average molecular weight is 555 g/mol. The molecule has 0 saturated carbocycles. The first-order valence-electron chi connectivity index (χ1n) is 10.7. The fraction of sp³-hybridized carbons (Fsp3) is 0.417. The van der Waals surface area contributed by atoms with E-state index in [9.17, 15) is 9.18 Å². The predicted molar refractivity (Wildman–Crippen MR) is 142 cm³/mol. The molecule has 0 spiro atoms. The van der Waals surface area contributed by atoms with E-state index < -0.39 is 0 Å². The van der Waals surface area contributed by atoms with E-state index in [1.165, 1.54) is 12.1 Å². The highest BCUT2D eigenvalue weighted by atomic mass is 127. The van der Waals surface area contributed by atoms with Gasteiger partial charge in [0.2, 0.25) is 0 Å². The zero-order valence-corrected chi connectivity index (χ0v) is 21.7. The number of halogens is 2. The minimum Gasteiger partial charge on any atom is -0.374 e. The van der Waals surface area contributed by atoms with Crippen molar-refractivity contribution in [2.75, 3.05) is 52.2 Å². The Morgan fingerprint density at radius 1 is 1.06 bits per heavy atom. The van der Waals surface area contributed by atoms with Gasteiger partial charge in [-0.05, 0) is 55.7 Å². The number of rotatable bonds is 10. The largest absolute Gasteiger partial charge is 0.374 e. The number of aliphatic imine (C=N–C) groups is 1. The van der Waals surface area contributed by atoms with Crippen molar-refractivity contribution in [3.63, 3.8) is 0 Å². The lowest BCUT2D eigenvalue weighted by Gasteiger charge is -2.19. The SMILES string of the molecule is CCNC(=NCCCN(C)c1cccc(F)c1)NCCc1cccc(C(=O)N(C)C)c1.I. The molecule has 32 heavy (non-hydrogen) atoms. The summed E-state index contributed by atoms with van der Waals surface area (Å²) in [6, 6.07) is 14.3. The molecule has 176 valence electrons. The van der Waals surface area contributed by atoms with Crippen LogP contribution in [0.25, 0.3) is 0 Å². The second-order valence-electron chi connectivity index (χ2n) is 7.59. The third-order valence-electron chi connectivity index (χ3n) is 4.80. The van der Waals surface area contributed by atoms with Crippen molar-refractivity contribution in [3.8, 4) is 0 Å². The van der Waals surface area contributed by atoms with Gasteiger partial charge in [0.1, 0.15) is 5.82 Å². The van der Waals surface area contributed by atoms with Crippen LogP contribution >= 0.6 is 24.0 Å². The maximum absolute atomic E-state index is 13.4. The maximum atomic E-state index is 13.4. The van der Waals surface area contributed by atoms with Gasteiger partial charge in [0.05, 0.1) is 0 Å². The summed E-state index contributed by atoms with van der Waals surface area (Å²) in [7, 11) is 5.47. The Labute approximate surface area is 208 Å². The predicted octanol–water partition coefficient (Wildman–Crippen LogP) is 3.77. The van der Waals surface area contributed by atoms with Crippen molar-refractivity contribution in [3.05, 3.63) is 65.5 Å². The number of nitrogens with zero attached hydrogens (tertiary/aromatic N) is 3. The Kier molecular flexibility index (Phi) is 12.7. The molecule has 0 heterocycles. The zero-order valence-electron chi connectivity index (χ0n) is 19.4. The molecule has 6 nitrogen and oxygen atoms in total. The standard InChI is InChI=1S/C24H34FN5O.HI/c1-5-26-24(27-14-8-16-30(4)22-12-7-11-21(25)18-22)28-15-13-19-9-6-10-20(17-19)23(31)29(2)3;/h6-7,9-12,17-18H,5,8,13-16H2,1-4H3,(H2,26,27,28);1H. The van der Waals surface area contributed by atoms with E-state index >= 15 is 0 Å². The topological polar surface area (TPSA) is 60.0 Å². The molecular formula is C24H35FIN5O. The lowest BCUT2D eigenvalue weighted by atomic mass is 10.1. The molecule has 0 aliphatic heterocycles. The molecular weight excluding hydrogens is 520 g/mol. The molecule has 2 rings (SSSR count). The normalized spacial score (nSPS) is 10.8. The van der Waals surface area contributed by atoms with Crippen LogP contribution in [0.4, 0.5) is 10.1 Å². The number of amides is 1. The smallest absolute Gasteiger partial charge is 0.253 e. The summed E-state index contributed by atoms with van der Waals surface area (Å²) in [5.74, 6) is 0.557. The second kappa shape index (κ2) is 14.7. The quantitative estimate of drug-likeness (QED) is 0.203. The summed E-state index contributed by atoms with van der Waals surface area (Å²) in [5.41, 5.74) is 2.67. The molecule has 0 fully saturated rings. The van der Waals surface area contributed by atoms with Crippen molar-refractivity contribution in [1.29, 1.82) is 0 Å². The van der Waals surface area contributed by atoms with E-state index in [2.05, 4.69) is 15.6 Å². The van der Waals surface area contributed by atoms with Crippen LogP contribution in [0.15, 0.2) is 53.5 Å². The van der Waals surface area contributed by atoms with Crippen molar-refractivity contribution in [1.82, 2.24) is 15.5 Å². The third-order valence-corrected chi connectivity index (χ3v) is 4.80. The second-order valence-corrected chi connectivity index (χ2v) is 7.59. The number of carbonyl (C=O) groups is 1. The van der Waals surface area contributed by atoms with Crippen molar-refractivity contribution in [2.24, 2.45) is 4.99 Å². The van der Waals surface area contributed by atoms with Gasteiger partial charge in [-0.15, -0.1) is 24.0 Å². The Hall–Kier alpha value is -2.36. The van der Waals surface area contributed by atoms with Gasteiger partial charge in [-0.1, -0.05) is 18.2 Å². The van der Waals surface area contributed by atoms with Crippen LogP contribution in [0.3, 0.4) is 0 Å². The number of hydrogen-bond donors (Lipinski definition) is 2. The first-order valence-corrected chi connectivity index (χ1v) is 10.7. The first kappa shape index (κ1) is 27.7. The van der Waals surface area contributed by atoms with Gasteiger partial charge in [-0.3, -0.25) is 9.79 Å². The average Bonchev–Trinajstić information content (AvgIpc) is 2.76. The summed E-state index contributed by atoms with van der Waals surface area (Å²) < 4.78 is 13.4. The minimum atomic E-state index is -0.224. The molecule has 1 amide bonds. The lowest BCUT2D eigenvalue weighted by Crippen LogP contribution is -2.38. The van der Waals surface area contributed by atoms with Gasteiger partial charge in [0.15, 0.2) is 5.96 Å². The molecule has 2 aromatic carbocycles. The highest BCUT2D eigenvalue weighted by Crippen LogP contribution is 2.13. The Morgan fingerprint density at radius 3 is 2.50 bits per heavy atom. The highest BCUT2D eigenvalue weighted by Gasteiger charge is 2.08. The number of carbonyl (C=O) groups excluding carboxylic acids is 1. The molecule has 0 saturated heterocycles. The monoisotopic (exact) mass is 555 g/mol. The zero-order chi connectivity index (χ0) is 22.6. The fourth-order valence-electron chi connectivity index (χ4n) is 3.13. The fourth-order valence-corrected chi connectivity index (χ4v) is 3.13. The Bertz CT molecular complexity index is 875. The van der Waals surface area contributed by atoms with Gasteiger partial charge in [-0.25, -0.2) is 4.39 Å². The third kappa shape index (κ3) is 9.42. The van der Waals surface area contributed by atoms with Gasteiger partial charge in [0.25, 0.3) is 5.91 Å². The van der Waals surface area contributed by atoms with E-state index in [4.69, 9.17) is 0 Å². The van der Waals surface area contributed by atoms with Crippen molar-refractivity contribution < 1.29 is 9.18 Å². The van der Waals surface area contributed by atoms with E-state index in [-0.39, 0.29) is 35.7 Å². The van der Waals surface area contributed by atoms with Crippen molar-refractivity contribution >= 4 is 41.5 Å². The summed E-state index contributed by atoms with van der Waals surface area (Å²) in [5, 5.41) is 6.60. The number of nitrogens with one attached hydrogen (secondary N) is 2. The summed E-state index contributed by atoms with van der Waals surface area (Å²) >= 11 is 0.